The standard InChI is InChI=1S/C42H72N2O6/c1-37(2)27-33(28-38(3,4)43(37)49-41-21-17-31(25-41)18-22-41)47-35(45)15-13-11-9-10-12-14-16-36(46)48-34-29-39(5,6)44(40(7,8)30-34)50-42-23-19-32(26-42)20-24-42/h31-34H,9-30H2,1-8H3. The maximum Gasteiger partial charge on any atom is 0.306 e. The summed E-state index contributed by atoms with van der Waals surface area (Å²) in [5, 5.41) is 4.55. The van der Waals surface area contributed by atoms with E-state index < -0.39 is 0 Å². The summed E-state index contributed by atoms with van der Waals surface area (Å²) in [6.07, 6.45) is 22.2. The predicted octanol–water partition coefficient (Wildman–Crippen LogP) is 9.77. The number of hydroxylamine groups is 4. The summed E-state index contributed by atoms with van der Waals surface area (Å²) in [6.45, 7) is 17.9. The fourth-order valence-electron chi connectivity index (χ4n) is 11.7. The van der Waals surface area contributed by atoms with Crippen molar-refractivity contribution in [2.45, 2.75) is 242 Å². The highest BCUT2D eigenvalue weighted by Crippen LogP contribution is 2.54. The van der Waals surface area contributed by atoms with E-state index in [1.807, 2.05) is 0 Å². The van der Waals surface area contributed by atoms with E-state index in [2.05, 4.69) is 65.5 Å². The number of carbonyl (C=O) groups is 2. The Balaban J connectivity index is 0.827. The van der Waals surface area contributed by atoms with Gasteiger partial charge in [0.25, 0.3) is 0 Å². The minimum Gasteiger partial charge on any atom is -0.462 e. The number of fused-ring (bicyclic) bond motifs is 4. The Kier molecular flexibility index (Phi) is 11.2. The van der Waals surface area contributed by atoms with Crippen molar-refractivity contribution < 1.29 is 28.7 Å². The lowest BCUT2D eigenvalue weighted by Gasteiger charge is -2.55. The van der Waals surface area contributed by atoms with Crippen molar-refractivity contribution in [2.75, 3.05) is 0 Å². The molecule has 0 aromatic rings. The van der Waals surface area contributed by atoms with Crippen LogP contribution in [0.5, 0.6) is 0 Å². The predicted molar refractivity (Wildman–Crippen MR) is 196 cm³/mol. The average molecular weight is 701 g/mol. The van der Waals surface area contributed by atoms with Gasteiger partial charge in [-0.05, 0) is 144 Å². The highest BCUT2D eigenvalue weighted by atomic mass is 16.7. The number of esters is 2. The number of nitrogens with zero attached hydrogens (tertiary/aromatic N) is 2. The molecule has 4 aliphatic carbocycles. The van der Waals surface area contributed by atoms with Gasteiger partial charge in [-0.2, -0.15) is 10.1 Å². The summed E-state index contributed by atoms with van der Waals surface area (Å²) in [7, 11) is 0. The van der Waals surface area contributed by atoms with E-state index >= 15 is 0 Å². The summed E-state index contributed by atoms with van der Waals surface area (Å²) in [6, 6.07) is 0. The lowest BCUT2D eigenvalue weighted by atomic mass is 9.80. The summed E-state index contributed by atoms with van der Waals surface area (Å²) < 4.78 is 12.1. The maximum atomic E-state index is 12.8. The van der Waals surface area contributed by atoms with Gasteiger partial charge in [0.1, 0.15) is 12.2 Å². The number of carbonyl (C=O) groups excluding carboxylic acids is 2. The molecule has 4 bridgehead atoms. The second-order valence-corrected chi connectivity index (χ2v) is 20.3. The van der Waals surface area contributed by atoms with Gasteiger partial charge in [0, 0.05) is 60.7 Å². The highest BCUT2D eigenvalue weighted by Gasteiger charge is 2.56. The molecular weight excluding hydrogens is 628 g/mol. The Morgan fingerprint density at radius 3 is 1.06 bits per heavy atom. The third-order valence-corrected chi connectivity index (χ3v) is 13.6. The van der Waals surface area contributed by atoms with E-state index in [9.17, 15) is 9.59 Å². The minimum atomic E-state index is -0.192. The molecule has 2 heterocycles. The first-order valence-corrected chi connectivity index (χ1v) is 20.8. The molecule has 0 aromatic heterocycles. The van der Waals surface area contributed by atoms with Gasteiger partial charge in [-0.1, -0.05) is 25.7 Å². The number of hydrogen-bond donors (Lipinski definition) is 0. The van der Waals surface area contributed by atoms with E-state index in [4.69, 9.17) is 19.1 Å². The summed E-state index contributed by atoms with van der Waals surface area (Å²) in [4.78, 5) is 39.5. The molecule has 6 aliphatic rings. The molecule has 4 saturated carbocycles. The first kappa shape index (κ1) is 38.5. The lowest BCUT2D eigenvalue weighted by molar-refractivity contribution is -0.342. The molecule has 2 saturated heterocycles. The Hall–Kier alpha value is -1.22. The van der Waals surface area contributed by atoms with E-state index in [1.54, 1.807) is 0 Å². The van der Waals surface area contributed by atoms with E-state index in [1.165, 1.54) is 64.2 Å². The zero-order valence-corrected chi connectivity index (χ0v) is 33.2. The lowest BCUT2D eigenvalue weighted by Crippen LogP contribution is -2.64. The number of unbranched alkanes of at least 4 members (excludes halogenated alkanes) is 5. The summed E-state index contributed by atoms with van der Waals surface area (Å²) in [5.74, 6) is 1.56. The Morgan fingerprint density at radius 2 is 0.780 bits per heavy atom. The molecule has 286 valence electrons. The number of rotatable bonds is 15. The van der Waals surface area contributed by atoms with Crippen molar-refractivity contribution in [1.82, 2.24) is 10.1 Å². The molecule has 8 heteroatoms. The Labute approximate surface area is 304 Å². The average Bonchev–Trinajstić information content (AvgIpc) is 3.80. The monoisotopic (exact) mass is 701 g/mol. The number of ether oxygens (including phenoxy) is 2. The second kappa shape index (κ2) is 14.5. The van der Waals surface area contributed by atoms with Crippen LogP contribution >= 0.6 is 0 Å². The van der Waals surface area contributed by atoms with E-state index in [-0.39, 0.29) is 57.5 Å². The van der Waals surface area contributed by atoms with Crippen molar-refractivity contribution in [1.29, 1.82) is 0 Å². The highest BCUT2D eigenvalue weighted by molar-refractivity contribution is 5.70. The van der Waals surface area contributed by atoms with Gasteiger partial charge in [0.15, 0.2) is 0 Å². The Bertz CT molecular complexity index is 1070. The van der Waals surface area contributed by atoms with Crippen molar-refractivity contribution in [3.8, 4) is 0 Å². The smallest absolute Gasteiger partial charge is 0.306 e. The van der Waals surface area contributed by atoms with Gasteiger partial charge in [-0.15, -0.1) is 0 Å². The van der Waals surface area contributed by atoms with Crippen LogP contribution in [0.2, 0.25) is 0 Å². The van der Waals surface area contributed by atoms with Crippen molar-refractivity contribution in [3.05, 3.63) is 0 Å². The minimum absolute atomic E-state index is 0.0302. The zero-order valence-electron chi connectivity index (χ0n) is 33.2. The molecule has 0 aromatic carbocycles. The number of hydrogen-bond acceptors (Lipinski definition) is 8. The molecule has 0 atom stereocenters. The fraction of sp³-hybridized carbons (Fsp3) is 0.952. The molecular formula is C42H72N2O6. The molecule has 50 heavy (non-hydrogen) atoms. The van der Waals surface area contributed by atoms with Crippen LogP contribution in [0.15, 0.2) is 0 Å². The quantitative estimate of drug-likeness (QED) is 0.123. The van der Waals surface area contributed by atoms with Gasteiger partial charge >= 0.3 is 11.9 Å². The van der Waals surface area contributed by atoms with Crippen LogP contribution in [0.1, 0.15) is 197 Å². The van der Waals surface area contributed by atoms with Crippen LogP contribution in [-0.4, -0.2) is 67.6 Å². The normalized spacial score (nSPS) is 34.7. The third kappa shape index (κ3) is 8.76. The summed E-state index contributed by atoms with van der Waals surface area (Å²) in [5.41, 5.74) is -0.708. The third-order valence-electron chi connectivity index (χ3n) is 13.6. The molecule has 0 unspecified atom stereocenters. The van der Waals surface area contributed by atoms with Gasteiger partial charge in [0.05, 0.1) is 11.2 Å². The van der Waals surface area contributed by atoms with Crippen molar-refractivity contribution >= 4 is 11.9 Å². The molecule has 2 aliphatic heterocycles. The van der Waals surface area contributed by atoms with Gasteiger partial charge < -0.3 is 9.47 Å². The van der Waals surface area contributed by atoms with Gasteiger partial charge in [-0.3, -0.25) is 19.3 Å². The first-order chi connectivity index (χ1) is 23.4. The topological polar surface area (TPSA) is 77.5 Å². The van der Waals surface area contributed by atoms with Crippen LogP contribution in [0.25, 0.3) is 0 Å². The van der Waals surface area contributed by atoms with Crippen LogP contribution in [0.3, 0.4) is 0 Å². The SMILES string of the molecule is CC1(C)CC(OC(=O)CCCCCCCCC(=O)OC2CC(C)(C)N(OC34CCC(CC3)C4)C(C)(C)C2)CC(C)(C)N1OC12CCC(CC1)C2. The van der Waals surface area contributed by atoms with Gasteiger partial charge in [-0.25, -0.2) is 0 Å². The van der Waals surface area contributed by atoms with E-state index in [0.29, 0.717) is 12.8 Å². The molecule has 0 amide bonds. The molecule has 0 spiro atoms. The second-order valence-electron chi connectivity index (χ2n) is 20.3. The van der Waals surface area contributed by atoms with Crippen LogP contribution < -0.4 is 0 Å². The molecule has 6 rings (SSSR count). The van der Waals surface area contributed by atoms with E-state index in [0.717, 1.165) is 76.0 Å². The summed E-state index contributed by atoms with van der Waals surface area (Å²) >= 11 is 0. The largest absolute Gasteiger partial charge is 0.462 e. The zero-order chi connectivity index (χ0) is 36.0. The van der Waals surface area contributed by atoms with Crippen molar-refractivity contribution in [3.63, 3.8) is 0 Å². The maximum absolute atomic E-state index is 12.8. The fourth-order valence-corrected chi connectivity index (χ4v) is 11.7. The van der Waals surface area contributed by atoms with Crippen LogP contribution in [-0.2, 0) is 28.7 Å². The molecule has 0 radical (unpaired) electrons. The van der Waals surface area contributed by atoms with Crippen molar-refractivity contribution in [2.24, 2.45) is 11.8 Å². The van der Waals surface area contributed by atoms with Crippen LogP contribution in [0, 0.1) is 11.8 Å². The molecule has 8 nitrogen and oxygen atoms in total. The number of piperidine rings is 2. The van der Waals surface area contributed by atoms with Crippen LogP contribution in [0.4, 0.5) is 0 Å². The first-order valence-electron chi connectivity index (χ1n) is 20.8. The molecule has 6 fully saturated rings. The van der Waals surface area contributed by atoms with Gasteiger partial charge in [0.2, 0.25) is 0 Å². The Morgan fingerprint density at radius 1 is 0.480 bits per heavy atom. The molecule has 0 N–H and O–H groups in total.